The average Bonchev–Trinajstić information content (AvgIpc) is 2.70. The molecule has 3 rings (SSSR count). The molecular weight excluding hydrogens is 370 g/mol. The maximum atomic E-state index is 12.5. The zero-order valence-corrected chi connectivity index (χ0v) is 17.4. The molecule has 0 aliphatic heterocycles. The van der Waals surface area contributed by atoms with Gasteiger partial charge in [0.05, 0.1) is 12.6 Å². The van der Waals surface area contributed by atoms with Gasteiger partial charge in [0.25, 0.3) is 0 Å². The summed E-state index contributed by atoms with van der Waals surface area (Å²) in [4.78, 5) is 14.6. The van der Waals surface area contributed by atoms with Gasteiger partial charge in [-0.2, -0.15) is 0 Å². The van der Waals surface area contributed by atoms with Crippen LogP contribution in [0.4, 0.5) is 0 Å². The predicted octanol–water partition coefficient (Wildman–Crippen LogP) is 3.70. The van der Waals surface area contributed by atoms with Crippen molar-refractivity contribution >= 4 is 5.97 Å². The van der Waals surface area contributed by atoms with Crippen molar-refractivity contribution in [2.45, 2.75) is 43.7 Å². The van der Waals surface area contributed by atoms with Crippen molar-refractivity contribution in [3.8, 4) is 17.2 Å². The molecule has 0 spiro atoms. The van der Waals surface area contributed by atoms with Gasteiger partial charge in [-0.05, 0) is 63.7 Å². The summed E-state index contributed by atoms with van der Waals surface area (Å²) in [7, 11) is 5.44. The molecule has 0 heterocycles. The molecule has 0 bridgehead atoms. The zero-order valence-electron chi connectivity index (χ0n) is 17.4. The molecule has 2 aromatic rings. The third-order valence-electron chi connectivity index (χ3n) is 6.28. The van der Waals surface area contributed by atoms with Gasteiger partial charge in [-0.3, -0.25) is 0 Å². The lowest BCUT2D eigenvalue weighted by molar-refractivity contribution is -0.123. The summed E-state index contributed by atoms with van der Waals surface area (Å²) in [6.45, 7) is 2.07. The van der Waals surface area contributed by atoms with Crippen molar-refractivity contribution in [2.75, 3.05) is 21.2 Å². The second-order valence-corrected chi connectivity index (χ2v) is 8.04. The smallest absolute Gasteiger partial charge is 0.347 e. The van der Waals surface area contributed by atoms with E-state index in [1.807, 2.05) is 20.2 Å². The first-order valence-corrected chi connectivity index (χ1v) is 9.81. The van der Waals surface area contributed by atoms with E-state index in [4.69, 9.17) is 9.47 Å². The second kappa shape index (κ2) is 8.05. The van der Waals surface area contributed by atoms with E-state index in [-0.39, 0.29) is 11.3 Å². The maximum absolute atomic E-state index is 12.5. The molecule has 0 amide bonds. The van der Waals surface area contributed by atoms with Crippen LogP contribution < -0.4 is 9.47 Å². The number of nitrogens with zero attached hydrogens (tertiary/aromatic N) is 1. The molecule has 1 aliphatic rings. The number of ether oxygens (including phenoxy) is 2. The number of benzene rings is 2. The van der Waals surface area contributed by atoms with E-state index in [1.54, 1.807) is 24.3 Å². The maximum Gasteiger partial charge on any atom is 0.347 e. The molecule has 6 heteroatoms. The number of methoxy groups -OCH3 is 1. The van der Waals surface area contributed by atoms with Crippen LogP contribution in [0.15, 0.2) is 42.5 Å². The molecule has 6 nitrogen and oxygen atoms in total. The third-order valence-corrected chi connectivity index (χ3v) is 6.28. The lowest BCUT2D eigenvalue weighted by Crippen LogP contribution is -2.59. The Balaban J connectivity index is 1.89. The molecular formula is C23H29NO5. The SMILES string of the molecule is COc1ccc(C(=O)Oc2cccc(C3(O)CCCCC3(C)N(C)C)c2)c(O)c1. The van der Waals surface area contributed by atoms with Crippen LogP contribution in [0.3, 0.4) is 0 Å². The fourth-order valence-electron chi connectivity index (χ4n) is 4.16. The number of hydrogen-bond donors (Lipinski definition) is 2. The predicted molar refractivity (Wildman–Crippen MR) is 111 cm³/mol. The Bertz CT molecular complexity index is 897. The number of aliphatic hydroxyl groups is 1. The molecule has 2 aromatic carbocycles. The van der Waals surface area contributed by atoms with Crippen LogP contribution >= 0.6 is 0 Å². The molecule has 0 radical (unpaired) electrons. The summed E-state index contributed by atoms with van der Waals surface area (Å²) < 4.78 is 10.5. The Kier molecular flexibility index (Phi) is 5.87. The van der Waals surface area contributed by atoms with Crippen LogP contribution in [-0.2, 0) is 5.60 Å². The van der Waals surface area contributed by atoms with E-state index in [9.17, 15) is 15.0 Å². The minimum Gasteiger partial charge on any atom is -0.507 e. The van der Waals surface area contributed by atoms with Gasteiger partial charge in [0.2, 0.25) is 0 Å². The minimum atomic E-state index is -1.06. The Morgan fingerprint density at radius 3 is 2.45 bits per heavy atom. The Hall–Kier alpha value is -2.57. The monoisotopic (exact) mass is 399 g/mol. The number of aromatic hydroxyl groups is 1. The molecule has 2 unspecified atom stereocenters. The van der Waals surface area contributed by atoms with Crippen molar-refractivity contribution in [3.63, 3.8) is 0 Å². The highest BCUT2D eigenvalue weighted by molar-refractivity contribution is 5.94. The first-order chi connectivity index (χ1) is 13.7. The van der Waals surface area contributed by atoms with Gasteiger partial charge in [-0.1, -0.05) is 25.0 Å². The Labute approximate surface area is 171 Å². The molecule has 2 atom stereocenters. The van der Waals surface area contributed by atoms with E-state index in [0.717, 1.165) is 24.8 Å². The lowest BCUT2D eigenvalue weighted by Gasteiger charge is -2.52. The summed E-state index contributed by atoms with van der Waals surface area (Å²) in [5.41, 5.74) is -0.718. The van der Waals surface area contributed by atoms with Crippen molar-refractivity contribution in [3.05, 3.63) is 53.6 Å². The summed E-state index contributed by atoms with van der Waals surface area (Å²) >= 11 is 0. The number of phenolic OH excluding ortho intramolecular Hbond substituents is 1. The largest absolute Gasteiger partial charge is 0.507 e. The average molecular weight is 399 g/mol. The topological polar surface area (TPSA) is 79.2 Å². The van der Waals surface area contributed by atoms with Gasteiger partial charge in [-0.15, -0.1) is 0 Å². The van der Waals surface area contributed by atoms with Crippen LogP contribution in [0.25, 0.3) is 0 Å². The van der Waals surface area contributed by atoms with Crippen molar-refractivity contribution in [2.24, 2.45) is 0 Å². The van der Waals surface area contributed by atoms with E-state index in [1.165, 1.54) is 19.2 Å². The van der Waals surface area contributed by atoms with Gasteiger partial charge >= 0.3 is 5.97 Å². The highest BCUT2D eigenvalue weighted by Gasteiger charge is 2.51. The molecule has 2 N–H and O–H groups in total. The number of rotatable bonds is 5. The number of esters is 1. The Morgan fingerprint density at radius 2 is 1.79 bits per heavy atom. The lowest BCUT2D eigenvalue weighted by atomic mass is 9.66. The molecule has 0 saturated heterocycles. The third kappa shape index (κ3) is 3.82. The van der Waals surface area contributed by atoms with E-state index in [2.05, 4.69) is 11.8 Å². The first-order valence-electron chi connectivity index (χ1n) is 9.81. The van der Waals surface area contributed by atoms with Gasteiger partial charge in [0, 0.05) is 6.07 Å². The fraction of sp³-hybridized carbons (Fsp3) is 0.435. The number of carbonyl (C=O) groups excluding carboxylic acids is 1. The summed E-state index contributed by atoms with van der Waals surface area (Å²) in [5.74, 6) is -0.115. The number of hydrogen-bond acceptors (Lipinski definition) is 6. The van der Waals surface area contributed by atoms with Crippen LogP contribution in [0.1, 0.15) is 48.5 Å². The van der Waals surface area contributed by atoms with Gasteiger partial charge in [0.1, 0.15) is 28.4 Å². The van der Waals surface area contributed by atoms with Crippen LogP contribution in [-0.4, -0.2) is 47.8 Å². The Morgan fingerprint density at radius 1 is 1.07 bits per heavy atom. The first kappa shape index (κ1) is 21.1. The minimum absolute atomic E-state index is 0.0470. The molecule has 1 fully saturated rings. The number of likely N-dealkylation sites (N-methyl/N-ethyl adjacent to an activating group) is 1. The second-order valence-electron chi connectivity index (χ2n) is 8.04. The van der Waals surface area contributed by atoms with Gasteiger partial charge < -0.3 is 24.6 Å². The summed E-state index contributed by atoms with van der Waals surface area (Å²) in [6, 6.07) is 11.4. The van der Waals surface area contributed by atoms with Crippen molar-refractivity contribution < 1.29 is 24.5 Å². The fourth-order valence-corrected chi connectivity index (χ4v) is 4.16. The molecule has 0 aromatic heterocycles. The van der Waals surface area contributed by atoms with E-state index in [0.29, 0.717) is 17.9 Å². The van der Waals surface area contributed by atoms with Gasteiger partial charge in [-0.25, -0.2) is 4.79 Å². The number of phenols is 1. The van der Waals surface area contributed by atoms with Crippen LogP contribution in [0.5, 0.6) is 17.2 Å². The summed E-state index contributed by atoms with van der Waals surface area (Å²) in [6.07, 6.45) is 3.50. The van der Waals surface area contributed by atoms with E-state index < -0.39 is 17.1 Å². The highest BCUT2D eigenvalue weighted by atomic mass is 16.5. The van der Waals surface area contributed by atoms with Crippen molar-refractivity contribution in [1.82, 2.24) is 4.90 Å². The molecule has 29 heavy (non-hydrogen) atoms. The molecule has 1 aliphatic carbocycles. The van der Waals surface area contributed by atoms with Crippen LogP contribution in [0.2, 0.25) is 0 Å². The quantitative estimate of drug-likeness (QED) is 0.590. The van der Waals surface area contributed by atoms with Gasteiger partial charge in [0.15, 0.2) is 0 Å². The highest BCUT2D eigenvalue weighted by Crippen LogP contribution is 2.47. The van der Waals surface area contributed by atoms with Crippen LogP contribution in [0, 0.1) is 0 Å². The van der Waals surface area contributed by atoms with E-state index >= 15 is 0 Å². The normalized spacial score (nSPS) is 24.3. The standard InChI is InChI=1S/C23H29NO5/c1-22(24(2)3)12-5-6-13-23(22,27)16-8-7-9-18(14-16)29-21(26)19-11-10-17(28-4)15-20(19)25/h7-11,14-15,25,27H,5-6,12-13H2,1-4H3. The summed E-state index contributed by atoms with van der Waals surface area (Å²) in [5, 5.41) is 21.7. The molecule has 1 saturated carbocycles. The zero-order chi connectivity index (χ0) is 21.2. The van der Waals surface area contributed by atoms with Crippen molar-refractivity contribution in [1.29, 1.82) is 0 Å². The molecule has 156 valence electrons. The number of carbonyl (C=O) groups is 1.